The average molecular weight is 270 g/mol. The Morgan fingerprint density at radius 1 is 1.16 bits per heavy atom. The summed E-state index contributed by atoms with van der Waals surface area (Å²) in [4.78, 5) is 1.40. The molecule has 0 radical (unpaired) electrons. The molecule has 19 heavy (non-hydrogen) atoms. The molecular weight excluding hydrogens is 252 g/mol. The van der Waals surface area contributed by atoms with E-state index in [2.05, 4.69) is 57.9 Å². The molecule has 0 aliphatic carbocycles. The topological polar surface area (TPSA) is 17.0 Å². The maximum absolute atomic E-state index is 3.23. The van der Waals surface area contributed by atoms with Crippen molar-refractivity contribution in [2.75, 3.05) is 13.6 Å². The van der Waals surface area contributed by atoms with E-state index in [0.717, 1.165) is 19.5 Å². The number of hydrogen-bond acceptors (Lipinski definition) is 2. The van der Waals surface area contributed by atoms with Gasteiger partial charge in [-0.1, -0.05) is 24.3 Å². The van der Waals surface area contributed by atoms with Gasteiger partial charge in [-0.2, -0.15) is 0 Å². The van der Waals surface area contributed by atoms with Crippen molar-refractivity contribution in [1.82, 2.24) is 9.88 Å². The van der Waals surface area contributed by atoms with Crippen LogP contribution in [0.3, 0.4) is 0 Å². The fourth-order valence-electron chi connectivity index (χ4n) is 2.48. The van der Waals surface area contributed by atoms with E-state index in [0.29, 0.717) is 0 Å². The molecule has 3 heteroatoms. The summed E-state index contributed by atoms with van der Waals surface area (Å²) >= 11 is 1.82. The zero-order valence-corrected chi connectivity index (χ0v) is 11.9. The summed E-state index contributed by atoms with van der Waals surface area (Å²) in [7, 11) is 2.00. The quantitative estimate of drug-likeness (QED) is 0.750. The number of likely N-dealkylation sites (N-methyl/N-ethyl adjacent to an activating group) is 1. The van der Waals surface area contributed by atoms with Crippen LogP contribution in [0.5, 0.6) is 0 Å². The minimum Gasteiger partial charge on any atom is -0.342 e. The lowest BCUT2D eigenvalue weighted by atomic mass is 10.1. The van der Waals surface area contributed by atoms with E-state index in [4.69, 9.17) is 0 Å². The Bertz CT molecular complexity index is 653. The molecular formula is C16H18N2S. The van der Waals surface area contributed by atoms with E-state index in [1.807, 2.05) is 18.4 Å². The Balaban J connectivity index is 1.99. The monoisotopic (exact) mass is 270 g/mol. The molecule has 0 saturated carbocycles. The number of aromatic nitrogens is 1. The molecule has 0 aliphatic heterocycles. The molecule has 0 atom stereocenters. The van der Waals surface area contributed by atoms with E-state index >= 15 is 0 Å². The molecule has 0 saturated heterocycles. The first-order chi connectivity index (χ1) is 9.38. The van der Waals surface area contributed by atoms with Crippen LogP contribution in [-0.2, 0) is 13.0 Å². The van der Waals surface area contributed by atoms with E-state index in [1.54, 1.807) is 0 Å². The number of hydrogen-bond donors (Lipinski definition) is 1. The highest BCUT2D eigenvalue weighted by Crippen LogP contribution is 2.23. The van der Waals surface area contributed by atoms with Crippen LogP contribution in [0.15, 0.2) is 48.0 Å². The molecule has 98 valence electrons. The molecule has 3 rings (SSSR count). The maximum atomic E-state index is 3.23. The summed E-state index contributed by atoms with van der Waals surface area (Å²) in [6, 6.07) is 13.0. The van der Waals surface area contributed by atoms with Crippen LogP contribution in [0.1, 0.15) is 10.4 Å². The second-order valence-electron chi connectivity index (χ2n) is 4.73. The van der Waals surface area contributed by atoms with Crippen LogP contribution in [0.25, 0.3) is 10.9 Å². The summed E-state index contributed by atoms with van der Waals surface area (Å²) in [5.74, 6) is 0. The molecule has 0 amide bonds. The molecule has 0 spiro atoms. The molecule has 1 N–H and O–H groups in total. The van der Waals surface area contributed by atoms with E-state index in [-0.39, 0.29) is 0 Å². The van der Waals surface area contributed by atoms with Gasteiger partial charge in [-0.25, -0.2) is 0 Å². The lowest BCUT2D eigenvalue weighted by Crippen LogP contribution is -2.10. The number of fused-ring (bicyclic) bond motifs is 1. The third-order valence-corrected chi connectivity index (χ3v) is 4.28. The SMILES string of the molecule is CNCCc1cn(Cc2cccs2)c2ccccc12. The molecule has 1 aromatic carbocycles. The first-order valence-electron chi connectivity index (χ1n) is 6.62. The van der Waals surface area contributed by atoms with Gasteiger partial charge in [0.05, 0.1) is 6.54 Å². The first kappa shape index (κ1) is 12.5. The van der Waals surface area contributed by atoms with Crippen molar-refractivity contribution < 1.29 is 0 Å². The minimum absolute atomic E-state index is 0.970. The molecule has 0 fully saturated rings. The fourth-order valence-corrected chi connectivity index (χ4v) is 3.19. The molecule has 0 unspecified atom stereocenters. The predicted molar refractivity (Wildman–Crippen MR) is 83.0 cm³/mol. The van der Waals surface area contributed by atoms with E-state index < -0.39 is 0 Å². The molecule has 0 aliphatic rings. The van der Waals surface area contributed by atoms with Gasteiger partial charge in [0.2, 0.25) is 0 Å². The van der Waals surface area contributed by atoms with Crippen molar-refractivity contribution in [1.29, 1.82) is 0 Å². The van der Waals surface area contributed by atoms with Gasteiger partial charge in [0, 0.05) is 22.0 Å². The number of nitrogens with one attached hydrogen (secondary N) is 1. The van der Waals surface area contributed by atoms with Crippen molar-refractivity contribution in [3.8, 4) is 0 Å². The first-order valence-corrected chi connectivity index (χ1v) is 7.50. The summed E-state index contributed by atoms with van der Waals surface area (Å²) < 4.78 is 2.37. The number of rotatable bonds is 5. The van der Waals surface area contributed by atoms with Crippen molar-refractivity contribution in [2.45, 2.75) is 13.0 Å². The van der Waals surface area contributed by atoms with Crippen LogP contribution in [0, 0.1) is 0 Å². The third-order valence-electron chi connectivity index (χ3n) is 3.42. The van der Waals surface area contributed by atoms with Gasteiger partial charge in [-0.05, 0) is 43.1 Å². The Morgan fingerprint density at radius 2 is 2.05 bits per heavy atom. The Labute approximate surface area is 117 Å². The van der Waals surface area contributed by atoms with Crippen LogP contribution < -0.4 is 5.32 Å². The summed E-state index contributed by atoms with van der Waals surface area (Å²) in [5, 5.41) is 6.75. The van der Waals surface area contributed by atoms with E-state index in [1.165, 1.54) is 21.3 Å². The molecule has 3 aromatic rings. The van der Waals surface area contributed by atoms with E-state index in [9.17, 15) is 0 Å². The summed E-state index contributed by atoms with van der Waals surface area (Å²) in [5.41, 5.74) is 2.77. The summed E-state index contributed by atoms with van der Waals surface area (Å²) in [6.07, 6.45) is 3.39. The second-order valence-corrected chi connectivity index (χ2v) is 5.76. The van der Waals surface area contributed by atoms with Crippen LogP contribution >= 0.6 is 11.3 Å². The summed E-state index contributed by atoms with van der Waals surface area (Å²) in [6.45, 7) is 1.99. The lowest BCUT2D eigenvalue weighted by molar-refractivity contribution is 0.785. The van der Waals surface area contributed by atoms with Gasteiger partial charge in [0.1, 0.15) is 0 Å². The van der Waals surface area contributed by atoms with Crippen molar-refractivity contribution >= 4 is 22.2 Å². The number of benzene rings is 1. The van der Waals surface area contributed by atoms with Crippen LogP contribution in [0.2, 0.25) is 0 Å². The van der Waals surface area contributed by atoms with Crippen molar-refractivity contribution in [3.63, 3.8) is 0 Å². The molecule has 2 nitrogen and oxygen atoms in total. The Kier molecular flexibility index (Phi) is 3.67. The third kappa shape index (κ3) is 2.57. The highest BCUT2D eigenvalue weighted by molar-refractivity contribution is 7.09. The maximum Gasteiger partial charge on any atom is 0.0569 e. The zero-order valence-electron chi connectivity index (χ0n) is 11.1. The highest BCUT2D eigenvalue weighted by Gasteiger charge is 2.08. The normalized spacial score (nSPS) is 11.2. The largest absolute Gasteiger partial charge is 0.342 e. The van der Waals surface area contributed by atoms with Crippen LogP contribution in [0.4, 0.5) is 0 Å². The fraction of sp³-hybridized carbons (Fsp3) is 0.250. The van der Waals surface area contributed by atoms with Gasteiger partial charge in [-0.3, -0.25) is 0 Å². The molecule has 2 aromatic heterocycles. The molecule has 0 bridgehead atoms. The Morgan fingerprint density at radius 3 is 2.84 bits per heavy atom. The van der Waals surface area contributed by atoms with Crippen molar-refractivity contribution in [2.24, 2.45) is 0 Å². The molecule has 2 heterocycles. The zero-order chi connectivity index (χ0) is 13.1. The van der Waals surface area contributed by atoms with Crippen molar-refractivity contribution in [3.05, 3.63) is 58.4 Å². The van der Waals surface area contributed by atoms with Gasteiger partial charge in [0.25, 0.3) is 0 Å². The standard InChI is InChI=1S/C16H18N2S/c1-17-9-8-13-11-18(12-14-5-4-10-19-14)16-7-3-2-6-15(13)16/h2-7,10-11,17H,8-9,12H2,1H3. The van der Waals surface area contributed by atoms with Gasteiger partial charge in [0.15, 0.2) is 0 Å². The number of para-hydroxylation sites is 1. The van der Waals surface area contributed by atoms with Gasteiger partial charge >= 0.3 is 0 Å². The van der Waals surface area contributed by atoms with Crippen LogP contribution in [-0.4, -0.2) is 18.2 Å². The minimum atomic E-state index is 0.970. The Hall–Kier alpha value is -1.58. The highest BCUT2D eigenvalue weighted by atomic mass is 32.1. The number of thiophene rings is 1. The predicted octanol–water partition coefficient (Wildman–Crippen LogP) is 3.51. The lowest BCUT2D eigenvalue weighted by Gasteiger charge is -2.02. The van der Waals surface area contributed by atoms with Gasteiger partial charge in [-0.15, -0.1) is 11.3 Å². The second kappa shape index (κ2) is 5.59. The van der Waals surface area contributed by atoms with Gasteiger partial charge < -0.3 is 9.88 Å². The smallest absolute Gasteiger partial charge is 0.0569 e. The number of nitrogens with zero attached hydrogens (tertiary/aromatic N) is 1. The average Bonchev–Trinajstić information content (AvgIpc) is 3.06.